The zero-order chi connectivity index (χ0) is 13.1. The number of hydrogen-bond donors (Lipinski definition) is 1. The van der Waals surface area contributed by atoms with Crippen LogP contribution < -0.4 is 0 Å². The van der Waals surface area contributed by atoms with Gasteiger partial charge in [0.05, 0.1) is 12.6 Å². The van der Waals surface area contributed by atoms with Gasteiger partial charge in [0.1, 0.15) is 0 Å². The van der Waals surface area contributed by atoms with Crippen LogP contribution in [0.1, 0.15) is 44.7 Å². The van der Waals surface area contributed by atoms with Crippen LogP contribution in [0.25, 0.3) is 0 Å². The van der Waals surface area contributed by atoms with E-state index in [2.05, 4.69) is 30.0 Å². The number of nitrogens with zero attached hydrogens (tertiary/aromatic N) is 3. The number of carbonyl (C=O) groups is 1. The molecule has 0 aromatic carbocycles. The molecule has 1 aliphatic rings. The van der Waals surface area contributed by atoms with Crippen molar-refractivity contribution < 1.29 is 9.90 Å². The number of aromatic nitrogens is 2. The van der Waals surface area contributed by atoms with Gasteiger partial charge in [0.2, 0.25) is 0 Å². The molecule has 0 atom stereocenters. The van der Waals surface area contributed by atoms with E-state index in [-0.39, 0.29) is 6.42 Å². The Balaban J connectivity index is 1.92. The van der Waals surface area contributed by atoms with E-state index in [1.165, 1.54) is 18.4 Å². The van der Waals surface area contributed by atoms with Crippen molar-refractivity contribution in [3.8, 4) is 0 Å². The molecule has 1 saturated carbocycles. The molecular formula is C13H21N3O2. The first kappa shape index (κ1) is 13.1. The van der Waals surface area contributed by atoms with Gasteiger partial charge in [0.15, 0.2) is 0 Å². The number of carboxylic acid groups (broad SMARTS) is 1. The third-order valence-corrected chi connectivity index (χ3v) is 3.25. The van der Waals surface area contributed by atoms with E-state index in [1.54, 1.807) is 0 Å². The van der Waals surface area contributed by atoms with E-state index in [0.29, 0.717) is 18.6 Å². The standard InChI is InChI=1S/C13H21N3O2/c1-10(2)16-9-11(7-14-16)8-15(12-3-4-12)6-5-13(17)18/h7,9-10,12H,3-6,8H2,1-2H3,(H,17,18). The van der Waals surface area contributed by atoms with Gasteiger partial charge in [-0.05, 0) is 26.7 Å². The molecule has 100 valence electrons. The lowest BCUT2D eigenvalue weighted by Crippen LogP contribution is -2.28. The van der Waals surface area contributed by atoms with Crippen molar-refractivity contribution in [2.75, 3.05) is 6.54 Å². The van der Waals surface area contributed by atoms with E-state index in [1.807, 2.05) is 10.9 Å². The van der Waals surface area contributed by atoms with Crippen LogP contribution in [0.4, 0.5) is 0 Å². The van der Waals surface area contributed by atoms with Gasteiger partial charge in [-0.3, -0.25) is 14.4 Å². The summed E-state index contributed by atoms with van der Waals surface area (Å²) in [7, 11) is 0. The SMILES string of the molecule is CC(C)n1cc(CN(CCC(=O)O)C2CC2)cn1. The van der Waals surface area contributed by atoms with Gasteiger partial charge >= 0.3 is 5.97 Å². The molecule has 2 rings (SSSR count). The lowest BCUT2D eigenvalue weighted by molar-refractivity contribution is -0.137. The Kier molecular flexibility index (Phi) is 4.01. The van der Waals surface area contributed by atoms with Crippen LogP contribution in [0, 0.1) is 0 Å². The maximum Gasteiger partial charge on any atom is 0.304 e. The van der Waals surface area contributed by atoms with Crippen molar-refractivity contribution in [3.05, 3.63) is 18.0 Å². The molecule has 1 aromatic heterocycles. The maximum atomic E-state index is 10.6. The van der Waals surface area contributed by atoms with E-state index < -0.39 is 5.97 Å². The summed E-state index contributed by atoms with van der Waals surface area (Å²) in [5.41, 5.74) is 1.17. The van der Waals surface area contributed by atoms with Gasteiger partial charge < -0.3 is 5.11 Å². The first-order valence-corrected chi connectivity index (χ1v) is 6.55. The molecule has 1 aliphatic carbocycles. The first-order chi connectivity index (χ1) is 8.56. The molecule has 18 heavy (non-hydrogen) atoms. The first-order valence-electron chi connectivity index (χ1n) is 6.55. The predicted octanol–water partition coefficient (Wildman–Crippen LogP) is 1.90. The Hall–Kier alpha value is -1.36. The van der Waals surface area contributed by atoms with Crippen molar-refractivity contribution in [1.82, 2.24) is 14.7 Å². The van der Waals surface area contributed by atoms with Gasteiger partial charge in [-0.15, -0.1) is 0 Å². The Labute approximate surface area is 107 Å². The summed E-state index contributed by atoms with van der Waals surface area (Å²) in [5, 5.41) is 13.1. The fourth-order valence-corrected chi connectivity index (χ4v) is 2.05. The molecular weight excluding hydrogens is 230 g/mol. The zero-order valence-electron chi connectivity index (χ0n) is 11.0. The smallest absolute Gasteiger partial charge is 0.304 e. The second-order valence-electron chi connectivity index (χ2n) is 5.27. The molecule has 5 nitrogen and oxygen atoms in total. The molecule has 1 aromatic rings. The molecule has 1 heterocycles. The van der Waals surface area contributed by atoms with Crippen LogP contribution in [-0.4, -0.2) is 38.3 Å². The van der Waals surface area contributed by atoms with Crippen LogP contribution >= 0.6 is 0 Å². The molecule has 0 saturated heterocycles. The molecule has 0 aliphatic heterocycles. The summed E-state index contributed by atoms with van der Waals surface area (Å²) in [6, 6.07) is 0.943. The van der Waals surface area contributed by atoms with Crippen molar-refractivity contribution in [1.29, 1.82) is 0 Å². The highest BCUT2D eigenvalue weighted by Gasteiger charge is 2.29. The minimum absolute atomic E-state index is 0.217. The van der Waals surface area contributed by atoms with E-state index in [9.17, 15) is 4.79 Å². The van der Waals surface area contributed by atoms with Crippen molar-refractivity contribution in [2.24, 2.45) is 0 Å². The summed E-state index contributed by atoms with van der Waals surface area (Å²) >= 11 is 0. The van der Waals surface area contributed by atoms with Gasteiger partial charge in [0.25, 0.3) is 0 Å². The van der Waals surface area contributed by atoms with Crippen LogP contribution in [0.5, 0.6) is 0 Å². The van der Waals surface area contributed by atoms with Gasteiger partial charge in [-0.1, -0.05) is 0 Å². The monoisotopic (exact) mass is 251 g/mol. The minimum Gasteiger partial charge on any atom is -0.481 e. The summed E-state index contributed by atoms with van der Waals surface area (Å²) in [6.45, 7) is 5.64. The van der Waals surface area contributed by atoms with Gasteiger partial charge in [-0.25, -0.2) is 0 Å². The summed E-state index contributed by atoms with van der Waals surface area (Å²) < 4.78 is 1.94. The largest absolute Gasteiger partial charge is 0.481 e. The second kappa shape index (κ2) is 5.52. The quantitative estimate of drug-likeness (QED) is 0.804. The summed E-state index contributed by atoms with van der Waals surface area (Å²) in [6.07, 6.45) is 6.54. The normalized spacial score (nSPS) is 15.6. The molecule has 0 amide bonds. The van der Waals surface area contributed by atoms with E-state index in [4.69, 9.17) is 5.11 Å². The van der Waals surface area contributed by atoms with Crippen molar-refractivity contribution in [2.45, 2.75) is 51.7 Å². The Morgan fingerprint density at radius 2 is 2.33 bits per heavy atom. The highest BCUT2D eigenvalue weighted by atomic mass is 16.4. The molecule has 0 radical (unpaired) electrons. The predicted molar refractivity (Wildman–Crippen MR) is 68.3 cm³/mol. The fraction of sp³-hybridized carbons (Fsp3) is 0.692. The highest BCUT2D eigenvalue weighted by molar-refractivity contribution is 5.66. The Bertz CT molecular complexity index is 410. The van der Waals surface area contributed by atoms with Crippen LogP contribution in [0.2, 0.25) is 0 Å². The maximum absolute atomic E-state index is 10.6. The lowest BCUT2D eigenvalue weighted by Gasteiger charge is -2.20. The molecule has 1 fully saturated rings. The van der Waals surface area contributed by atoms with Crippen molar-refractivity contribution in [3.63, 3.8) is 0 Å². The Morgan fingerprint density at radius 3 is 2.83 bits per heavy atom. The summed E-state index contributed by atoms with van der Waals surface area (Å²) in [4.78, 5) is 12.9. The average molecular weight is 251 g/mol. The number of rotatable bonds is 7. The van der Waals surface area contributed by atoms with Gasteiger partial charge in [-0.2, -0.15) is 5.10 Å². The topological polar surface area (TPSA) is 58.4 Å². The van der Waals surface area contributed by atoms with Gasteiger partial charge in [0, 0.05) is 36.9 Å². The number of carboxylic acids is 1. The van der Waals surface area contributed by atoms with E-state index in [0.717, 1.165) is 6.54 Å². The van der Waals surface area contributed by atoms with Crippen molar-refractivity contribution >= 4 is 5.97 Å². The molecule has 0 unspecified atom stereocenters. The number of aliphatic carboxylic acids is 1. The molecule has 0 spiro atoms. The Morgan fingerprint density at radius 1 is 1.61 bits per heavy atom. The zero-order valence-corrected chi connectivity index (χ0v) is 11.0. The third-order valence-electron chi connectivity index (χ3n) is 3.25. The van der Waals surface area contributed by atoms with E-state index >= 15 is 0 Å². The molecule has 5 heteroatoms. The van der Waals surface area contributed by atoms with Crippen LogP contribution in [0.15, 0.2) is 12.4 Å². The molecule has 1 N–H and O–H groups in total. The third kappa shape index (κ3) is 3.57. The fourth-order valence-electron chi connectivity index (χ4n) is 2.05. The summed E-state index contributed by atoms with van der Waals surface area (Å²) in [5.74, 6) is -0.724. The number of hydrogen-bond acceptors (Lipinski definition) is 3. The van der Waals surface area contributed by atoms with Crippen LogP contribution in [0.3, 0.4) is 0 Å². The lowest BCUT2D eigenvalue weighted by atomic mass is 10.3. The minimum atomic E-state index is -0.724. The second-order valence-corrected chi connectivity index (χ2v) is 5.27. The highest BCUT2D eigenvalue weighted by Crippen LogP contribution is 2.28. The average Bonchev–Trinajstić information content (AvgIpc) is 3.03. The van der Waals surface area contributed by atoms with Crippen LogP contribution in [-0.2, 0) is 11.3 Å². The molecule has 0 bridgehead atoms.